The van der Waals surface area contributed by atoms with Gasteiger partial charge in [-0.05, 0) is 57.2 Å². The van der Waals surface area contributed by atoms with E-state index >= 15 is 0 Å². The lowest BCUT2D eigenvalue weighted by molar-refractivity contribution is -0.122. The second kappa shape index (κ2) is 8.97. The first kappa shape index (κ1) is 20.9. The van der Waals surface area contributed by atoms with E-state index in [0.29, 0.717) is 28.5 Å². The van der Waals surface area contributed by atoms with Crippen LogP contribution in [0.5, 0.6) is 0 Å². The van der Waals surface area contributed by atoms with Crippen LogP contribution < -0.4 is 15.8 Å². The fourth-order valence-electron chi connectivity index (χ4n) is 3.92. The van der Waals surface area contributed by atoms with Crippen LogP contribution in [-0.4, -0.2) is 33.5 Å². The summed E-state index contributed by atoms with van der Waals surface area (Å²) in [6, 6.07) is 3.81. The molecule has 4 N–H and O–H groups in total. The summed E-state index contributed by atoms with van der Waals surface area (Å²) in [4.78, 5) is 12.5. The molecule has 1 aromatic carbocycles. The second-order valence-corrected chi connectivity index (χ2v) is 9.03. The van der Waals surface area contributed by atoms with Gasteiger partial charge in [-0.3, -0.25) is 4.79 Å². The van der Waals surface area contributed by atoms with Crippen molar-refractivity contribution in [3.8, 4) is 0 Å². The highest BCUT2D eigenvalue weighted by atomic mass is 32.2. The van der Waals surface area contributed by atoms with Gasteiger partial charge >= 0.3 is 0 Å². The van der Waals surface area contributed by atoms with Crippen molar-refractivity contribution in [1.29, 1.82) is 0 Å². The first-order chi connectivity index (χ1) is 12.2. The van der Waals surface area contributed by atoms with Crippen LogP contribution in [0.3, 0.4) is 0 Å². The number of carbonyl (C=O) groups is 1. The molecule has 146 valence electrons. The summed E-state index contributed by atoms with van der Waals surface area (Å²) >= 11 is 0. The zero-order valence-corrected chi connectivity index (χ0v) is 16.8. The first-order valence-electron chi connectivity index (χ1n) is 9.31. The summed E-state index contributed by atoms with van der Waals surface area (Å²) in [7, 11) is -3.63. The molecule has 0 aromatic heterocycles. The van der Waals surface area contributed by atoms with Crippen LogP contribution in [-0.2, 0) is 14.8 Å². The lowest BCUT2D eigenvalue weighted by Gasteiger charge is -2.31. The number of hydrogen-bond acceptors (Lipinski definition) is 4. The highest BCUT2D eigenvalue weighted by Crippen LogP contribution is 2.24. The molecule has 0 heterocycles. The van der Waals surface area contributed by atoms with Gasteiger partial charge in [0.2, 0.25) is 15.9 Å². The number of hydrogen-bond donors (Lipinski definition) is 3. The zero-order valence-electron chi connectivity index (χ0n) is 16.0. The Morgan fingerprint density at radius 3 is 2.38 bits per heavy atom. The number of carbonyl (C=O) groups excluding carboxylic acids is 1. The van der Waals surface area contributed by atoms with Crippen LogP contribution >= 0.6 is 0 Å². The molecule has 1 aliphatic rings. The van der Waals surface area contributed by atoms with Crippen molar-refractivity contribution in [2.45, 2.75) is 63.8 Å². The molecule has 1 aliphatic carbocycles. The Labute approximate surface area is 157 Å². The minimum Gasteiger partial charge on any atom is -0.353 e. The Morgan fingerprint density at radius 2 is 1.77 bits per heavy atom. The molecule has 2 atom stereocenters. The van der Waals surface area contributed by atoms with Crippen LogP contribution in [0, 0.1) is 26.7 Å². The summed E-state index contributed by atoms with van der Waals surface area (Å²) in [5, 5.41) is 3.02. The molecule has 0 saturated heterocycles. The molecule has 1 aromatic rings. The molecular formula is C19H31N3O3S. The molecule has 26 heavy (non-hydrogen) atoms. The maximum atomic E-state index is 12.6. The van der Waals surface area contributed by atoms with Crippen molar-refractivity contribution in [2.24, 2.45) is 11.7 Å². The van der Waals surface area contributed by atoms with Crippen molar-refractivity contribution < 1.29 is 13.2 Å². The molecular weight excluding hydrogens is 350 g/mol. The zero-order chi connectivity index (χ0) is 19.3. The fraction of sp³-hybridized carbons (Fsp3) is 0.632. The van der Waals surface area contributed by atoms with Gasteiger partial charge in [0, 0.05) is 19.0 Å². The Hall–Kier alpha value is -1.44. The third-order valence-electron chi connectivity index (χ3n) is 5.08. The van der Waals surface area contributed by atoms with E-state index in [2.05, 4.69) is 10.0 Å². The summed E-state index contributed by atoms with van der Waals surface area (Å²) in [6.45, 7) is 6.17. The molecule has 7 heteroatoms. The molecule has 1 fully saturated rings. The van der Waals surface area contributed by atoms with Crippen molar-refractivity contribution in [3.63, 3.8) is 0 Å². The molecule has 2 unspecified atom stereocenters. The number of rotatable bonds is 7. The first-order valence-corrected chi connectivity index (χ1v) is 10.8. The highest BCUT2D eigenvalue weighted by Gasteiger charge is 2.25. The molecule has 0 aliphatic heterocycles. The number of nitrogens with two attached hydrogens (primary N) is 1. The average Bonchev–Trinajstić information content (AvgIpc) is 2.53. The van der Waals surface area contributed by atoms with Gasteiger partial charge in [-0.25, -0.2) is 13.1 Å². The molecule has 1 saturated carbocycles. The number of aryl methyl sites for hydroxylation is 3. The SMILES string of the molecule is Cc1cc(C)c(S(=O)(=O)NCCC(=O)NC2CCCCC2CN)c(C)c1. The normalized spacial score (nSPS) is 20.8. The van der Waals surface area contributed by atoms with Crippen molar-refractivity contribution >= 4 is 15.9 Å². The van der Waals surface area contributed by atoms with Gasteiger partial charge in [-0.15, -0.1) is 0 Å². The summed E-state index contributed by atoms with van der Waals surface area (Å²) < 4.78 is 27.7. The standard InChI is InChI=1S/C19H31N3O3S/c1-13-10-14(2)19(15(3)11-13)26(24,25)21-9-8-18(23)22-17-7-5-4-6-16(17)12-20/h10-11,16-17,21H,4-9,12,20H2,1-3H3,(H,22,23). The van der Waals surface area contributed by atoms with Crippen molar-refractivity contribution in [2.75, 3.05) is 13.1 Å². The van der Waals surface area contributed by atoms with Gasteiger partial charge in [0.05, 0.1) is 4.90 Å². The largest absolute Gasteiger partial charge is 0.353 e. The quantitative estimate of drug-likeness (QED) is 0.671. The van der Waals surface area contributed by atoms with Gasteiger partial charge in [0.25, 0.3) is 0 Å². The van der Waals surface area contributed by atoms with Gasteiger partial charge in [-0.1, -0.05) is 30.5 Å². The number of amides is 1. The highest BCUT2D eigenvalue weighted by molar-refractivity contribution is 7.89. The lowest BCUT2D eigenvalue weighted by Crippen LogP contribution is -2.45. The minimum absolute atomic E-state index is 0.0843. The van der Waals surface area contributed by atoms with Crippen LogP contribution in [0.4, 0.5) is 0 Å². The molecule has 2 rings (SSSR count). The topological polar surface area (TPSA) is 101 Å². The fourth-order valence-corrected chi connectivity index (χ4v) is 5.40. The predicted octanol–water partition coefficient (Wildman–Crippen LogP) is 1.91. The van der Waals surface area contributed by atoms with Crippen LogP contribution in [0.15, 0.2) is 17.0 Å². The molecule has 0 spiro atoms. The van der Waals surface area contributed by atoms with E-state index in [4.69, 9.17) is 5.73 Å². The minimum atomic E-state index is -3.63. The lowest BCUT2D eigenvalue weighted by atomic mass is 9.84. The van der Waals surface area contributed by atoms with Crippen molar-refractivity contribution in [3.05, 3.63) is 28.8 Å². The van der Waals surface area contributed by atoms with Gasteiger partial charge < -0.3 is 11.1 Å². The predicted molar refractivity (Wildman–Crippen MR) is 103 cm³/mol. The second-order valence-electron chi connectivity index (χ2n) is 7.33. The van der Waals surface area contributed by atoms with Gasteiger partial charge in [0.15, 0.2) is 0 Å². The summed E-state index contributed by atoms with van der Waals surface area (Å²) in [5.41, 5.74) is 8.25. The van der Waals surface area contributed by atoms with Gasteiger partial charge in [0.1, 0.15) is 0 Å². The Morgan fingerprint density at radius 1 is 1.15 bits per heavy atom. The smallest absolute Gasteiger partial charge is 0.241 e. The van der Waals surface area contributed by atoms with Crippen molar-refractivity contribution in [1.82, 2.24) is 10.0 Å². The Balaban J connectivity index is 1.91. The van der Waals surface area contributed by atoms with E-state index in [1.54, 1.807) is 13.8 Å². The monoisotopic (exact) mass is 381 g/mol. The maximum absolute atomic E-state index is 12.6. The van der Waals surface area contributed by atoms with E-state index < -0.39 is 10.0 Å². The molecule has 6 nitrogen and oxygen atoms in total. The Bertz CT molecular complexity index is 723. The van der Waals surface area contributed by atoms with E-state index in [0.717, 1.165) is 31.2 Å². The van der Waals surface area contributed by atoms with Crippen LogP contribution in [0.2, 0.25) is 0 Å². The number of sulfonamides is 1. The number of nitrogens with one attached hydrogen (secondary N) is 2. The van der Waals surface area contributed by atoms with Crippen LogP contribution in [0.1, 0.15) is 48.8 Å². The number of benzene rings is 1. The molecule has 1 amide bonds. The third kappa shape index (κ3) is 5.28. The van der Waals surface area contributed by atoms with E-state index in [1.807, 2.05) is 19.1 Å². The van der Waals surface area contributed by atoms with E-state index in [1.165, 1.54) is 0 Å². The van der Waals surface area contributed by atoms with Crippen LogP contribution in [0.25, 0.3) is 0 Å². The van der Waals surface area contributed by atoms with E-state index in [-0.39, 0.29) is 24.9 Å². The third-order valence-corrected chi connectivity index (χ3v) is 6.84. The summed E-state index contributed by atoms with van der Waals surface area (Å²) in [6.07, 6.45) is 4.36. The maximum Gasteiger partial charge on any atom is 0.241 e. The van der Waals surface area contributed by atoms with Gasteiger partial charge in [-0.2, -0.15) is 0 Å². The summed E-state index contributed by atoms with van der Waals surface area (Å²) in [5.74, 6) is 0.192. The Kier molecular flexibility index (Phi) is 7.20. The molecule has 0 radical (unpaired) electrons. The molecule has 0 bridgehead atoms. The van der Waals surface area contributed by atoms with E-state index in [9.17, 15) is 13.2 Å². The average molecular weight is 382 g/mol.